The molecule has 3 heteroatoms. The highest BCUT2D eigenvalue weighted by Crippen LogP contribution is 2.51. The first-order valence-corrected chi connectivity index (χ1v) is 19.0. The molecule has 8 rings (SSSR count). The summed E-state index contributed by atoms with van der Waals surface area (Å²) < 4.78 is 5.45. The summed E-state index contributed by atoms with van der Waals surface area (Å²) in [5.41, 5.74) is 14.9. The molecule has 0 fully saturated rings. The Morgan fingerprint density at radius 1 is 0.347 bits per heavy atom. The van der Waals surface area contributed by atoms with E-state index in [9.17, 15) is 0 Å². The molecule has 0 spiro atoms. The number of anilines is 4. The molecule has 1 aliphatic heterocycles. The van der Waals surface area contributed by atoms with Gasteiger partial charge in [-0.2, -0.15) is 0 Å². The van der Waals surface area contributed by atoms with E-state index in [1.54, 1.807) is 0 Å². The highest BCUT2D eigenvalue weighted by Gasteiger charge is 2.57. The number of nitrogens with zero attached hydrogens (tertiary/aromatic N) is 2. The smallest absolute Gasteiger partial charge is 0.340 e. The molecule has 7 aromatic rings. The van der Waals surface area contributed by atoms with Crippen molar-refractivity contribution in [1.82, 2.24) is 0 Å². The number of rotatable bonds is 6. The van der Waals surface area contributed by atoms with Crippen LogP contribution < -0.4 is 19.5 Å². The maximum absolute atomic E-state index is 3.17. The van der Waals surface area contributed by atoms with Crippen molar-refractivity contribution < 1.29 is 0 Å². The summed E-state index contributed by atoms with van der Waals surface area (Å²) in [4.78, 5) is 0. The molecule has 238 valence electrons. The van der Waals surface area contributed by atoms with Crippen LogP contribution in [-0.2, 0) is 0 Å². The molecule has 0 atom stereocenters. The van der Waals surface area contributed by atoms with Crippen LogP contribution in [0.15, 0.2) is 170 Å². The molecule has 0 aliphatic carbocycles. The van der Waals surface area contributed by atoms with Crippen molar-refractivity contribution in [3.05, 3.63) is 192 Å². The number of aryl methyl sites for hydroxylation is 4. The van der Waals surface area contributed by atoms with Crippen molar-refractivity contribution in [2.75, 3.05) is 9.13 Å². The summed E-state index contributed by atoms with van der Waals surface area (Å²) in [6, 6.07) is 63.4. The van der Waals surface area contributed by atoms with E-state index in [-0.39, 0.29) is 0 Å². The van der Waals surface area contributed by atoms with Gasteiger partial charge in [-0.25, -0.2) is 0 Å². The van der Waals surface area contributed by atoms with E-state index >= 15 is 0 Å². The third kappa shape index (κ3) is 5.28. The normalized spacial score (nSPS) is 13.4. The summed E-state index contributed by atoms with van der Waals surface area (Å²) in [5, 5.41) is 2.65. The minimum absolute atomic E-state index is 1.20. The van der Waals surface area contributed by atoms with Crippen LogP contribution in [0, 0.1) is 27.7 Å². The van der Waals surface area contributed by atoms with Crippen molar-refractivity contribution in [3.63, 3.8) is 0 Å². The predicted molar refractivity (Wildman–Crippen MR) is 211 cm³/mol. The van der Waals surface area contributed by atoms with Gasteiger partial charge in [0.2, 0.25) is 0 Å². The van der Waals surface area contributed by atoms with Gasteiger partial charge in [0.25, 0.3) is 0 Å². The van der Waals surface area contributed by atoms with Gasteiger partial charge in [-0.05, 0) is 108 Å². The number of hydrogen-bond donors (Lipinski definition) is 0. The Bertz CT molecular complexity index is 2100. The van der Waals surface area contributed by atoms with Crippen molar-refractivity contribution in [2.24, 2.45) is 0 Å². The second-order valence-corrected chi connectivity index (χ2v) is 16.7. The number of fused-ring (bicyclic) bond motifs is 1. The lowest BCUT2D eigenvalue weighted by Gasteiger charge is -2.44. The van der Waals surface area contributed by atoms with E-state index in [4.69, 9.17) is 0 Å². The van der Waals surface area contributed by atoms with Gasteiger partial charge >= 0.3 is 8.40 Å². The molecule has 2 nitrogen and oxygen atoms in total. The average Bonchev–Trinajstić information content (AvgIpc) is 3.43. The van der Waals surface area contributed by atoms with E-state index in [1.807, 2.05) is 0 Å². The second kappa shape index (κ2) is 12.4. The van der Waals surface area contributed by atoms with Gasteiger partial charge in [0.15, 0.2) is 0 Å². The van der Waals surface area contributed by atoms with Crippen LogP contribution >= 0.6 is 0 Å². The van der Waals surface area contributed by atoms with E-state index < -0.39 is 8.40 Å². The summed E-state index contributed by atoms with van der Waals surface area (Å²) in [6.45, 7) is 8.83. The molecule has 0 saturated heterocycles. The zero-order valence-electron chi connectivity index (χ0n) is 28.6. The van der Waals surface area contributed by atoms with Crippen molar-refractivity contribution in [1.29, 1.82) is 0 Å². The maximum atomic E-state index is 2.72. The van der Waals surface area contributed by atoms with Gasteiger partial charge in [0.05, 0.1) is 11.4 Å². The van der Waals surface area contributed by atoms with Crippen molar-refractivity contribution >= 4 is 41.5 Å². The van der Waals surface area contributed by atoms with E-state index in [1.165, 1.54) is 77.6 Å². The molecule has 0 amide bonds. The van der Waals surface area contributed by atoms with Crippen molar-refractivity contribution in [3.8, 4) is 22.3 Å². The van der Waals surface area contributed by atoms with E-state index in [0.717, 1.165) is 0 Å². The van der Waals surface area contributed by atoms with Gasteiger partial charge in [-0.3, -0.25) is 0 Å². The molecular formula is C46H40N2Si. The second-order valence-electron chi connectivity index (χ2n) is 13.3. The van der Waals surface area contributed by atoms with Crippen LogP contribution in [-0.4, -0.2) is 8.40 Å². The van der Waals surface area contributed by atoms with Crippen LogP contribution in [0.4, 0.5) is 22.7 Å². The van der Waals surface area contributed by atoms with Crippen LogP contribution in [0.1, 0.15) is 22.3 Å². The highest BCUT2D eigenvalue weighted by atomic mass is 28.3. The predicted octanol–water partition coefficient (Wildman–Crippen LogP) is 10.8. The van der Waals surface area contributed by atoms with Crippen LogP contribution in [0.3, 0.4) is 0 Å². The monoisotopic (exact) mass is 648 g/mol. The summed E-state index contributed by atoms with van der Waals surface area (Å²) in [7, 11) is -3.17. The molecule has 0 bridgehead atoms. The minimum atomic E-state index is -3.17. The molecular weight excluding hydrogens is 609 g/mol. The summed E-state index contributed by atoms with van der Waals surface area (Å²) >= 11 is 0. The maximum Gasteiger partial charge on any atom is 0.340 e. The standard InChI is InChI=1S/C46H40N2Si/c1-33-21-25-41(26-22-33)47-45-29-35(3)36(4)30-46(45)48(42-27-23-34(2)24-28-42)49(47,43-19-11-17-39(31-43)37-13-7-5-8-14-37)44-20-12-18-40(32-44)38-15-9-6-10-16-38/h5-32H,1-4H3. The van der Waals surface area contributed by atoms with Crippen molar-refractivity contribution in [2.45, 2.75) is 27.7 Å². The Morgan fingerprint density at radius 3 is 1.10 bits per heavy atom. The van der Waals surface area contributed by atoms with Crippen LogP contribution in [0.25, 0.3) is 22.3 Å². The molecule has 49 heavy (non-hydrogen) atoms. The zero-order valence-corrected chi connectivity index (χ0v) is 29.6. The molecule has 7 aromatic carbocycles. The van der Waals surface area contributed by atoms with Gasteiger partial charge < -0.3 is 9.13 Å². The molecule has 0 N–H and O–H groups in total. The first kappa shape index (κ1) is 30.7. The largest absolute Gasteiger partial charge is 0.341 e. The SMILES string of the molecule is Cc1ccc(N2c3cc(C)c(C)cc3N(c3ccc(C)cc3)[Si]2(c2cccc(-c3ccccc3)c2)c2cccc(-c3ccccc3)c2)cc1. The summed E-state index contributed by atoms with van der Waals surface area (Å²) in [5.74, 6) is 0. The van der Waals surface area contributed by atoms with Crippen LogP contribution in [0.5, 0.6) is 0 Å². The minimum Gasteiger partial charge on any atom is -0.341 e. The van der Waals surface area contributed by atoms with E-state index in [0.29, 0.717) is 0 Å². The molecule has 1 aliphatic rings. The third-order valence-corrected chi connectivity index (χ3v) is 14.6. The average molecular weight is 649 g/mol. The lowest BCUT2D eigenvalue weighted by Crippen LogP contribution is -2.75. The fourth-order valence-corrected chi connectivity index (χ4v) is 12.4. The van der Waals surface area contributed by atoms with Gasteiger partial charge in [0, 0.05) is 11.4 Å². The Morgan fingerprint density at radius 2 is 0.714 bits per heavy atom. The molecule has 0 radical (unpaired) electrons. The van der Waals surface area contributed by atoms with Gasteiger partial charge in [0.1, 0.15) is 0 Å². The lowest BCUT2D eigenvalue weighted by molar-refractivity contribution is 1.31. The molecule has 0 saturated carbocycles. The van der Waals surface area contributed by atoms with E-state index in [2.05, 4.69) is 207 Å². The van der Waals surface area contributed by atoms with Gasteiger partial charge in [-0.15, -0.1) is 0 Å². The van der Waals surface area contributed by atoms with Gasteiger partial charge in [-0.1, -0.05) is 145 Å². The molecule has 1 heterocycles. The Labute approximate surface area is 291 Å². The highest BCUT2D eigenvalue weighted by molar-refractivity contribution is 7.10. The Hall–Kier alpha value is -5.64. The number of hydrogen-bond acceptors (Lipinski definition) is 2. The number of benzene rings is 7. The van der Waals surface area contributed by atoms with Crippen LogP contribution in [0.2, 0.25) is 0 Å². The molecule has 0 unspecified atom stereocenters. The third-order valence-electron chi connectivity index (χ3n) is 10.0. The lowest BCUT2D eigenvalue weighted by atomic mass is 10.1. The fourth-order valence-electron chi connectivity index (χ4n) is 7.41. The fraction of sp³-hybridized carbons (Fsp3) is 0.0870. The first-order chi connectivity index (χ1) is 23.9. The first-order valence-electron chi connectivity index (χ1n) is 17.1. The zero-order chi connectivity index (χ0) is 33.5. The quantitative estimate of drug-likeness (QED) is 0.166. The topological polar surface area (TPSA) is 6.48 Å². The Kier molecular flexibility index (Phi) is 7.78. The molecule has 0 aromatic heterocycles. The Balaban J connectivity index is 1.53. The summed E-state index contributed by atoms with van der Waals surface area (Å²) in [6.07, 6.45) is 0.